The van der Waals surface area contributed by atoms with Crippen LogP contribution in [0.1, 0.15) is 60.3 Å². The summed E-state index contributed by atoms with van der Waals surface area (Å²) in [6.45, 7) is 11.1. The molecule has 0 fully saturated rings. The molecule has 0 bridgehead atoms. The van der Waals surface area contributed by atoms with Crippen molar-refractivity contribution in [2.75, 3.05) is 6.54 Å². The van der Waals surface area contributed by atoms with Gasteiger partial charge in [-0.3, -0.25) is 0 Å². The van der Waals surface area contributed by atoms with E-state index in [1.807, 2.05) is 20.8 Å². The van der Waals surface area contributed by atoms with Crippen molar-refractivity contribution in [3.8, 4) is 0 Å². The highest BCUT2D eigenvalue weighted by Crippen LogP contribution is 2.34. The summed E-state index contributed by atoms with van der Waals surface area (Å²) in [5.74, 6) is 0. The predicted molar refractivity (Wildman–Crippen MR) is 80.1 cm³/mol. The summed E-state index contributed by atoms with van der Waals surface area (Å²) in [6, 6.07) is -0.0781. The number of hydrogen-bond donors (Lipinski definition) is 4. The van der Waals surface area contributed by atoms with Crippen LogP contribution in [0.4, 0.5) is 0 Å². The Morgan fingerprint density at radius 1 is 0.944 bits per heavy atom. The van der Waals surface area contributed by atoms with Crippen LogP contribution < -0.4 is 22.9 Å². The fourth-order valence-electron chi connectivity index (χ4n) is 2.86. The topological polar surface area (TPSA) is 104 Å². The fourth-order valence-corrected chi connectivity index (χ4v) is 2.86. The minimum absolute atomic E-state index is 0.00389. The van der Waals surface area contributed by atoms with Gasteiger partial charge in [0.1, 0.15) is 0 Å². The van der Waals surface area contributed by atoms with E-state index in [2.05, 4.69) is 13.8 Å². The van der Waals surface area contributed by atoms with E-state index in [-0.39, 0.29) is 17.0 Å². The van der Waals surface area contributed by atoms with E-state index in [4.69, 9.17) is 22.9 Å². The van der Waals surface area contributed by atoms with Crippen molar-refractivity contribution in [3.63, 3.8) is 0 Å². The Kier molecular flexibility index (Phi) is 6.27. The molecule has 0 amide bonds. The lowest BCUT2D eigenvalue weighted by molar-refractivity contribution is 0.153. The molecule has 0 heterocycles. The van der Waals surface area contributed by atoms with Gasteiger partial charge in [0.05, 0.1) is 0 Å². The molecule has 2 atom stereocenters. The highest BCUT2D eigenvalue weighted by Gasteiger charge is 2.40. The minimum Gasteiger partial charge on any atom is -0.330 e. The van der Waals surface area contributed by atoms with E-state index in [9.17, 15) is 0 Å². The molecule has 0 aliphatic heterocycles. The largest absolute Gasteiger partial charge is 0.330 e. The van der Waals surface area contributed by atoms with Crippen LogP contribution in [0, 0.1) is 5.41 Å². The normalized spacial score (nSPS) is 18.5. The lowest BCUT2D eigenvalue weighted by Gasteiger charge is -2.44. The van der Waals surface area contributed by atoms with Gasteiger partial charge in [-0.25, -0.2) is 0 Å². The highest BCUT2D eigenvalue weighted by atomic mass is 14.9. The zero-order valence-electron chi connectivity index (χ0n) is 12.9. The predicted octanol–water partition coefficient (Wildman–Crippen LogP) is 1.31. The van der Waals surface area contributed by atoms with E-state index < -0.39 is 5.54 Å². The summed E-state index contributed by atoms with van der Waals surface area (Å²) < 4.78 is 0. The molecule has 0 aliphatic carbocycles. The van der Waals surface area contributed by atoms with Gasteiger partial charge in [-0.2, -0.15) is 0 Å². The van der Waals surface area contributed by atoms with Gasteiger partial charge in [-0.05, 0) is 52.0 Å². The van der Waals surface area contributed by atoms with Crippen LogP contribution in [0.2, 0.25) is 0 Å². The van der Waals surface area contributed by atoms with Gasteiger partial charge < -0.3 is 22.9 Å². The summed E-state index contributed by atoms with van der Waals surface area (Å²) in [6.07, 6.45) is 3.89. The first-order chi connectivity index (χ1) is 7.92. The van der Waals surface area contributed by atoms with Crippen LogP contribution >= 0.6 is 0 Å². The second-order valence-corrected chi connectivity index (χ2v) is 7.38. The monoisotopic (exact) mass is 258 g/mol. The molecule has 0 spiro atoms. The molecule has 0 saturated heterocycles. The molecule has 2 unspecified atom stereocenters. The van der Waals surface area contributed by atoms with Crippen molar-refractivity contribution in [2.45, 2.75) is 77.4 Å². The minimum atomic E-state index is -0.454. The van der Waals surface area contributed by atoms with Crippen molar-refractivity contribution < 1.29 is 0 Å². The van der Waals surface area contributed by atoms with Gasteiger partial charge >= 0.3 is 0 Å². The lowest BCUT2D eigenvalue weighted by atomic mass is 9.68. The van der Waals surface area contributed by atoms with E-state index in [0.717, 1.165) is 25.8 Å². The first-order valence-electron chi connectivity index (χ1n) is 6.96. The number of hydrogen-bond acceptors (Lipinski definition) is 4. The molecule has 0 aromatic carbocycles. The molecular weight excluding hydrogens is 224 g/mol. The maximum absolute atomic E-state index is 6.41. The number of nitrogens with two attached hydrogens (primary N) is 4. The zero-order chi connectivity index (χ0) is 14.6. The van der Waals surface area contributed by atoms with Gasteiger partial charge in [0, 0.05) is 17.1 Å². The van der Waals surface area contributed by atoms with E-state index in [1.54, 1.807) is 0 Å². The Bertz CT molecular complexity index is 241. The van der Waals surface area contributed by atoms with Crippen molar-refractivity contribution in [3.05, 3.63) is 0 Å². The highest BCUT2D eigenvalue weighted by molar-refractivity contribution is 5.01. The summed E-state index contributed by atoms with van der Waals surface area (Å²) in [7, 11) is 0. The van der Waals surface area contributed by atoms with Gasteiger partial charge in [0.15, 0.2) is 0 Å². The molecule has 0 aromatic rings. The first kappa shape index (κ1) is 17.8. The third kappa shape index (κ3) is 6.14. The Morgan fingerprint density at radius 2 is 1.44 bits per heavy atom. The van der Waals surface area contributed by atoms with Crippen LogP contribution in [0.25, 0.3) is 0 Å². The van der Waals surface area contributed by atoms with Crippen molar-refractivity contribution >= 4 is 0 Å². The third-order valence-corrected chi connectivity index (χ3v) is 3.66. The fraction of sp³-hybridized carbons (Fsp3) is 1.00. The maximum atomic E-state index is 6.41. The molecule has 0 aliphatic rings. The van der Waals surface area contributed by atoms with E-state index in [0.29, 0.717) is 6.42 Å². The molecule has 4 heteroatoms. The molecular formula is C14H34N4. The Labute approximate surface area is 113 Å². The van der Waals surface area contributed by atoms with Crippen LogP contribution in [-0.2, 0) is 0 Å². The van der Waals surface area contributed by atoms with Crippen LogP contribution in [-0.4, -0.2) is 23.7 Å². The summed E-state index contributed by atoms with van der Waals surface area (Å²) in [5, 5.41) is 0. The van der Waals surface area contributed by atoms with Crippen molar-refractivity contribution in [1.82, 2.24) is 0 Å². The zero-order valence-corrected chi connectivity index (χ0v) is 12.9. The SMILES string of the molecule is CC(C)(N)CC(C)(N)C(N)C(C)(C)CCCCN. The molecule has 0 radical (unpaired) electrons. The smallest absolute Gasteiger partial charge is 0.0301 e. The number of unbranched alkanes of at least 4 members (excludes halogenated alkanes) is 1. The second-order valence-electron chi connectivity index (χ2n) is 7.38. The summed E-state index contributed by atoms with van der Waals surface area (Å²) in [5.41, 5.74) is 23.7. The number of rotatable bonds is 8. The van der Waals surface area contributed by atoms with E-state index in [1.165, 1.54) is 0 Å². The molecule has 0 saturated carbocycles. The molecule has 110 valence electrons. The van der Waals surface area contributed by atoms with Gasteiger partial charge in [0.25, 0.3) is 0 Å². The van der Waals surface area contributed by atoms with Gasteiger partial charge in [0.2, 0.25) is 0 Å². The second kappa shape index (κ2) is 6.33. The van der Waals surface area contributed by atoms with Gasteiger partial charge in [-0.15, -0.1) is 0 Å². The summed E-state index contributed by atoms with van der Waals surface area (Å²) in [4.78, 5) is 0. The standard InChI is InChI=1S/C14H34N4/c1-12(2,8-6-7-9-15)11(16)14(5,18)10-13(3,4)17/h11H,6-10,15-18H2,1-5H3. The molecule has 0 rings (SSSR count). The molecule has 0 aromatic heterocycles. The Balaban J connectivity index is 4.63. The van der Waals surface area contributed by atoms with Crippen molar-refractivity contribution in [1.29, 1.82) is 0 Å². The quantitative estimate of drug-likeness (QED) is 0.493. The van der Waals surface area contributed by atoms with E-state index >= 15 is 0 Å². The van der Waals surface area contributed by atoms with Crippen molar-refractivity contribution in [2.24, 2.45) is 28.3 Å². The van der Waals surface area contributed by atoms with Crippen LogP contribution in [0.5, 0.6) is 0 Å². The lowest BCUT2D eigenvalue weighted by Crippen LogP contribution is -2.62. The van der Waals surface area contributed by atoms with Crippen LogP contribution in [0.3, 0.4) is 0 Å². The average molecular weight is 258 g/mol. The van der Waals surface area contributed by atoms with Gasteiger partial charge in [-0.1, -0.05) is 20.3 Å². The van der Waals surface area contributed by atoms with Crippen LogP contribution in [0.15, 0.2) is 0 Å². The Hall–Kier alpha value is -0.160. The molecule has 18 heavy (non-hydrogen) atoms. The maximum Gasteiger partial charge on any atom is 0.0301 e. The first-order valence-corrected chi connectivity index (χ1v) is 6.96. The molecule has 8 N–H and O–H groups in total. The molecule has 4 nitrogen and oxygen atoms in total. The summed E-state index contributed by atoms with van der Waals surface area (Å²) >= 11 is 0. The third-order valence-electron chi connectivity index (χ3n) is 3.66. The Morgan fingerprint density at radius 3 is 1.83 bits per heavy atom. The average Bonchev–Trinajstić information content (AvgIpc) is 2.13.